The first kappa shape index (κ1) is 85.3. The molecule has 105 heavy (non-hydrogen) atoms. The van der Waals surface area contributed by atoms with Gasteiger partial charge >= 0.3 is 18.2 Å². The van der Waals surface area contributed by atoms with E-state index < -0.39 is 30.0 Å². The van der Waals surface area contributed by atoms with Crippen molar-refractivity contribution < 1.29 is 80.8 Å². The first-order valence-electron chi connectivity index (χ1n) is 35.0. The van der Waals surface area contributed by atoms with Crippen molar-refractivity contribution in [1.82, 2.24) is 35.7 Å². The van der Waals surface area contributed by atoms with E-state index in [1.165, 1.54) is 64.9 Å². The number of benzene rings is 3. The zero-order valence-corrected chi connectivity index (χ0v) is 62.6. The van der Waals surface area contributed by atoms with Gasteiger partial charge in [0.2, 0.25) is 5.91 Å². The minimum Gasteiger partial charge on any atom is -0.491 e. The molecule has 5 aromatic rings. The summed E-state index contributed by atoms with van der Waals surface area (Å²) in [7, 11) is 6.56. The number of nitrogens with one attached hydrogen (secondary N) is 6. The van der Waals surface area contributed by atoms with Crippen LogP contribution in [0.25, 0.3) is 10.2 Å². The third-order valence-corrected chi connectivity index (χ3v) is 17.8. The van der Waals surface area contributed by atoms with Crippen LogP contribution in [0.5, 0.6) is 5.75 Å². The number of halogens is 1. The summed E-state index contributed by atoms with van der Waals surface area (Å²) in [5, 5.41) is 30.0. The maximum atomic E-state index is 15.4. The summed E-state index contributed by atoms with van der Waals surface area (Å²) in [4.78, 5) is 66.5. The fraction of sp³-hybridized carbons (Fsp3) is 0.528. The van der Waals surface area contributed by atoms with Gasteiger partial charge in [-0.25, -0.2) is 34.3 Å². The van der Waals surface area contributed by atoms with Crippen molar-refractivity contribution in [3.63, 3.8) is 0 Å². The molecule has 0 fully saturated rings. The summed E-state index contributed by atoms with van der Waals surface area (Å²) >= 11 is 2.71. The number of thiazole rings is 2. The van der Waals surface area contributed by atoms with E-state index in [2.05, 4.69) is 60.4 Å². The number of ether oxygens (including phenoxy) is 11. The van der Waals surface area contributed by atoms with Crippen LogP contribution in [0, 0.1) is 23.2 Å². The van der Waals surface area contributed by atoms with Crippen LogP contribution in [0.3, 0.4) is 0 Å². The first-order valence-corrected chi connectivity index (χ1v) is 36.6. The molecule has 2 aromatic heterocycles. The van der Waals surface area contributed by atoms with Gasteiger partial charge in [0.1, 0.15) is 30.6 Å². The number of para-hydroxylation sites is 1. The predicted molar refractivity (Wildman–Crippen MR) is 399 cm³/mol. The first-order chi connectivity index (χ1) is 51.0. The number of carbonyl (C=O) groups is 4. The van der Waals surface area contributed by atoms with Gasteiger partial charge in [0.25, 0.3) is 0 Å². The number of aryl methyl sites for hydroxylation is 1. The van der Waals surface area contributed by atoms with Crippen LogP contribution in [0.1, 0.15) is 84.4 Å². The molecule has 3 amide bonds. The number of anilines is 3. The number of hydrogen-bond donors (Lipinski definition) is 9. The fourth-order valence-corrected chi connectivity index (χ4v) is 12.1. The van der Waals surface area contributed by atoms with E-state index in [0.29, 0.717) is 187 Å². The molecule has 0 bridgehead atoms. The molecule has 3 heterocycles. The van der Waals surface area contributed by atoms with Gasteiger partial charge in [-0.3, -0.25) is 4.79 Å². The Hall–Kier alpha value is -8.63. The smallest absolute Gasteiger partial charge is 0.410 e. The van der Waals surface area contributed by atoms with Gasteiger partial charge in [-0.1, -0.05) is 48.3 Å². The Morgan fingerprint density at radius 1 is 0.781 bits per heavy atom. The van der Waals surface area contributed by atoms with Crippen LogP contribution in [-0.4, -0.2) is 228 Å². The van der Waals surface area contributed by atoms with Crippen molar-refractivity contribution in [3.8, 4) is 17.6 Å². The lowest BCUT2D eigenvalue weighted by atomic mass is 9.99. The van der Waals surface area contributed by atoms with Gasteiger partial charge in [-0.05, 0) is 137 Å². The van der Waals surface area contributed by atoms with Gasteiger partial charge in [0.15, 0.2) is 27.5 Å². The average Bonchev–Trinajstić information content (AvgIpc) is 1.75. The maximum absolute atomic E-state index is 15.4. The van der Waals surface area contributed by atoms with E-state index in [1.807, 2.05) is 43.1 Å². The van der Waals surface area contributed by atoms with Crippen molar-refractivity contribution >= 4 is 72.9 Å². The molecule has 3 aromatic carbocycles. The van der Waals surface area contributed by atoms with Crippen LogP contribution >= 0.6 is 22.7 Å². The molecule has 1 aliphatic rings. The van der Waals surface area contributed by atoms with Gasteiger partial charge in [-0.2, -0.15) is 5.11 Å². The number of aromatic nitrogens is 2. The number of rotatable bonds is 52. The van der Waals surface area contributed by atoms with Gasteiger partial charge < -0.3 is 110 Å². The number of carbonyl (C=O) groups excluding carboxylic acids is 3. The number of carboxylic acid groups (broad SMARTS) is 1. The van der Waals surface area contributed by atoms with Crippen LogP contribution in [0.15, 0.2) is 100 Å². The van der Waals surface area contributed by atoms with E-state index in [1.54, 1.807) is 31.3 Å². The van der Waals surface area contributed by atoms with Crippen molar-refractivity contribution in [2.75, 3.05) is 189 Å². The van der Waals surface area contributed by atoms with E-state index >= 15 is 4.39 Å². The zero-order valence-electron chi connectivity index (χ0n) is 61.0. The van der Waals surface area contributed by atoms with Crippen molar-refractivity contribution in [2.24, 2.45) is 16.6 Å². The number of amides is 3. The number of nitrogens with two attached hydrogens (primary N) is 2. The number of nitrogens with zero attached hydrogens (tertiary/aromatic N) is 6. The zero-order chi connectivity index (χ0) is 75.4. The van der Waals surface area contributed by atoms with Crippen LogP contribution in [-0.2, 0) is 71.7 Å². The summed E-state index contributed by atoms with van der Waals surface area (Å²) in [6, 6.07) is 16.6. The summed E-state index contributed by atoms with van der Waals surface area (Å²) < 4.78 is 77.5. The van der Waals surface area contributed by atoms with Gasteiger partial charge in [0, 0.05) is 62.7 Å². The Bertz CT molecular complexity index is 3630. The summed E-state index contributed by atoms with van der Waals surface area (Å²) in [5.74, 6) is 4.46. The molecule has 0 saturated heterocycles. The minimum absolute atomic E-state index is 0.0198. The Balaban J connectivity index is 0.896. The topological polar surface area (TPSA) is 374 Å². The Morgan fingerprint density at radius 3 is 2.05 bits per heavy atom. The number of hydrogen-bond acceptors (Lipinski definition) is 28. The number of carboxylic acids is 1. The van der Waals surface area contributed by atoms with Gasteiger partial charge in [0.05, 0.1) is 129 Å². The average molecular weight is 1500 g/mol. The third-order valence-electron chi connectivity index (χ3n) is 15.7. The number of allylic oxidation sites excluding steroid dienone is 2. The monoisotopic (exact) mass is 1500 g/mol. The fourth-order valence-electron chi connectivity index (χ4n) is 10.1. The minimum atomic E-state index is -1.18. The number of aromatic carboxylic acids is 1. The molecule has 0 saturated carbocycles. The van der Waals surface area contributed by atoms with Crippen LogP contribution in [0.4, 0.5) is 29.9 Å². The molecular weight excluding hydrogens is 1400 g/mol. The quantitative estimate of drug-likeness (QED) is 0.0100. The Kier molecular flexibility index (Phi) is 40.0. The predicted octanol–water partition coefficient (Wildman–Crippen LogP) is 8.39. The van der Waals surface area contributed by atoms with Crippen molar-refractivity contribution in [3.05, 3.63) is 128 Å². The summed E-state index contributed by atoms with van der Waals surface area (Å²) in [6.07, 6.45) is 4.36. The highest BCUT2D eigenvalue weighted by atomic mass is 32.1. The lowest BCUT2D eigenvalue weighted by molar-refractivity contribution is -0.118. The number of fused-ring (bicyclic) bond motifs is 1. The second-order valence-electron chi connectivity index (χ2n) is 23.7. The molecule has 0 spiro atoms. The summed E-state index contributed by atoms with van der Waals surface area (Å²) in [6.45, 7) is 12.5. The molecule has 6 rings (SSSR count). The number of likely N-dealkylation sites (N-methyl/N-ethyl adjacent to an activating group) is 1. The standard InChI is InChI=1S/C72H103FN14O16S2/c1-7-28-93-31-33-95-35-37-97-39-41-99-43-44-100-42-40-98-38-36-96-34-32-94-30-25-79-47-56(84-76)50-103-72(92)86(6)48-54-46-55(80-67(88)60(78-4)17-10-24-77-3)22-21-53(54)49-102-71(91)85(5)26-11-14-52-20-23-61(58(73)45-52)101-29-13-19-63-64(68(89)90)82-70(105-63)87-27-12-15-57(66(87)75)51(2)65(74)83-69-81-59-16-8-9-18-62(59)104-69/h8-9,16,18,20-23,45-47,60,76-79H,7,10,12-13,15,17,19,24-44,48-50,74-75H2,1-6H3,(H,80,88)(H,81,83)(H,89,90)/b56-47-,65-51+,84-76?. The highest BCUT2D eigenvalue weighted by Crippen LogP contribution is 2.36. The maximum Gasteiger partial charge on any atom is 0.410 e. The van der Waals surface area contributed by atoms with E-state index in [9.17, 15) is 24.3 Å². The van der Waals surface area contributed by atoms with Crippen molar-refractivity contribution in [2.45, 2.75) is 78.0 Å². The van der Waals surface area contributed by atoms with Crippen LogP contribution < -0.4 is 47.7 Å². The molecule has 30 nitrogen and oxygen atoms in total. The highest BCUT2D eigenvalue weighted by Gasteiger charge is 2.28. The van der Waals surface area contributed by atoms with E-state index in [-0.39, 0.29) is 56.0 Å². The van der Waals surface area contributed by atoms with Crippen LogP contribution in [0.2, 0.25) is 0 Å². The second kappa shape index (κ2) is 49.2. The third kappa shape index (κ3) is 31.2. The largest absolute Gasteiger partial charge is 0.491 e. The van der Waals surface area contributed by atoms with Crippen molar-refractivity contribution in [1.29, 1.82) is 5.53 Å². The molecule has 1 unspecified atom stereocenters. The lowest BCUT2D eigenvalue weighted by Gasteiger charge is -2.30. The molecule has 0 aliphatic carbocycles. The lowest BCUT2D eigenvalue weighted by Crippen LogP contribution is -2.38. The van der Waals surface area contributed by atoms with Gasteiger partial charge in [-0.15, -0.1) is 11.3 Å². The second-order valence-corrected chi connectivity index (χ2v) is 25.8. The molecule has 1 aliphatic heterocycles. The normalized spacial score (nSPS) is 12.9. The molecular formula is C72H103FN14O16S2. The molecule has 0 radical (unpaired) electrons. The molecule has 33 heteroatoms. The highest BCUT2D eigenvalue weighted by molar-refractivity contribution is 7.22. The molecule has 1 atom stereocenters. The Morgan fingerprint density at radius 2 is 1.43 bits per heavy atom. The summed E-state index contributed by atoms with van der Waals surface area (Å²) in [5.41, 5.74) is 25.3. The molecule has 576 valence electrons. The SMILES string of the molecule is CCCOCCOCCOCCOCCOCCOCCOCCOCCN/C=C(/COC(=O)N(C)Cc1cc(NC(=O)C(CCCNC)NC)ccc1COC(=O)N(C)CC#Cc1ccc(OCCCc2sc(N3CCCC(/C(C)=C(\N)Nc4nc5ccccc5s4)=C3N)nc2C(=O)O)c(F)c1)N=N. The van der Waals surface area contributed by atoms with E-state index in [4.69, 9.17) is 69.1 Å². The Labute approximate surface area is 621 Å². The molecule has 11 N–H and O–H groups in total. The van der Waals surface area contributed by atoms with E-state index in [0.717, 1.165) is 53.8 Å².